The lowest BCUT2D eigenvalue weighted by atomic mass is 10.00. The van der Waals surface area contributed by atoms with Crippen molar-refractivity contribution in [2.75, 3.05) is 53.3 Å². The van der Waals surface area contributed by atoms with Crippen molar-refractivity contribution in [2.24, 2.45) is 0 Å². The average molecular weight is 519 g/mol. The number of carbonyl (C=O) groups is 2. The molecule has 202 valence electrons. The minimum Gasteiger partial charge on any atom is -0.497 e. The number of ether oxygens (including phenoxy) is 1. The maximum atomic E-state index is 13.4. The Morgan fingerprint density at radius 2 is 1.84 bits per heavy atom. The first-order chi connectivity index (χ1) is 18.0. The Bertz CT molecular complexity index is 1310. The number of aryl methyl sites for hydroxylation is 1. The minimum atomic E-state index is -0.257. The topological polar surface area (TPSA) is 82.9 Å². The fourth-order valence-electron chi connectivity index (χ4n) is 4.44. The van der Waals surface area contributed by atoms with Gasteiger partial charge in [0, 0.05) is 56.2 Å². The van der Waals surface area contributed by atoms with Crippen molar-refractivity contribution < 1.29 is 14.3 Å². The van der Waals surface area contributed by atoms with E-state index < -0.39 is 0 Å². The van der Waals surface area contributed by atoms with E-state index in [1.807, 2.05) is 50.4 Å². The second-order valence-electron chi connectivity index (χ2n) is 10.4. The molecule has 0 saturated carbocycles. The highest BCUT2D eigenvalue weighted by Crippen LogP contribution is 2.30. The number of nitrogens with one attached hydrogen (secondary N) is 1. The van der Waals surface area contributed by atoms with Crippen LogP contribution in [0.25, 0.3) is 11.1 Å². The number of likely N-dealkylation sites (N-methyl/N-ethyl adjacent to an activating group) is 2. The number of rotatable bonds is 9. The van der Waals surface area contributed by atoms with Crippen molar-refractivity contribution >= 4 is 17.5 Å². The molecule has 1 fully saturated rings. The van der Waals surface area contributed by atoms with Gasteiger partial charge in [-0.2, -0.15) is 5.10 Å². The number of benzene rings is 2. The van der Waals surface area contributed by atoms with Gasteiger partial charge in [-0.1, -0.05) is 6.07 Å². The van der Waals surface area contributed by atoms with Crippen LogP contribution in [0.4, 0.5) is 5.69 Å². The zero-order chi connectivity index (χ0) is 27.6. The fraction of sp³-hybridized carbons (Fsp3) is 0.414. The fourth-order valence-corrected chi connectivity index (χ4v) is 4.44. The summed E-state index contributed by atoms with van der Waals surface area (Å²) in [7, 11) is 9.26. The molecule has 0 radical (unpaired) electrons. The van der Waals surface area contributed by atoms with E-state index in [2.05, 4.69) is 40.4 Å². The molecule has 0 bridgehead atoms. The molecule has 1 N–H and O–H groups in total. The summed E-state index contributed by atoms with van der Waals surface area (Å²) in [6, 6.07) is 12.2. The van der Waals surface area contributed by atoms with Crippen LogP contribution in [0.15, 0.2) is 48.8 Å². The first-order valence-electron chi connectivity index (χ1n) is 12.8. The summed E-state index contributed by atoms with van der Waals surface area (Å²) in [6.07, 6.45) is 3.57. The molecule has 0 spiro atoms. The predicted octanol–water partition coefficient (Wildman–Crippen LogP) is 3.20. The van der Waals surface area contributed by atoms with Crippen LogP contribution in [0.5, 0.6) is 5.75 Å². The summed E-state index contributed by atoms with van der Waals surface area (Å²) >= 11 is 0. The summed E-state index contributed by atoms with van der Waals surface area (Å²) < 4.78 is 7.18. The monoisotopic (exact) mass is 518 g/mol. The van der Waals surface area contributed by atoms with Crippen molar-refractivity contribution in [1.82, 2.24) is 24.9 Å². The van der Waals surface area contributed by atoms with Crippen LogP contribution >= 0.6 is 0 Å². The molecule has 3 aromatic rings. The van der Waals surface area contributed by atoms with Gasteiger partial charge in [-0.25, -0.2) is 0 Å². The third-order valence-electron chi connectivity index (χ3n) is 7.20. The van der Waals surface area contributed by atoms with E-state index in [1.165, 1.54) is 4.90 Å². The zero-order valence-corrected chi connectivity index (χ0v) is 23.4. The van der Waals surface area contributed by atoms with Crippen molar-refractivity contribution in [2.45, 2.75) is 32.5 Å². The van der Waals surface area contributed by atoms with Crippen molar-refractivity contribution in [3.8, 4) is 16.9 Å². The highest BCUT2D eigenvalue weighted by molar-refractivity contribution is 5.97. The Morgan fingerprint density at radius 3 is 2.50 bits per heavy atom. The minimum absolute atomic E-state index is 0.0340. The second kappa shape index (κ2) is 11.3. The van der Waals surface area contributed by atoms with Gasteiger partial charge in [0.05, 0.1) is 19.3 Å². The van der Waals surface area contributed by atoms with Crippen molar-refractivity contribution in [3.05, 3.63) is 65.5 Å². The molecule has 9 heteroatoms. The Hall–Kier alpha value is -3.85. The standard InChI is InChI=1S/C29H38N6O3/c1-19-8-9-24(34-16-25(17-34)32(3)4)13-27(19)29(37)31-20(2)21-10-22(12-26(11-21)38-7)23-14-30-35(15-23)18-28(36)33(5)6/h8-15,20,25H,16-18H2,1-7H3,(H,31,37)/t20-/m1/s1. The van der Waals surface area contributed by atoms with Crippen LogP contribution < -0.4 is 15.0 Å². The Kier molecular flexibility index (Phi) is 8.06. The molecular weight excluding hydrogens is 480 g/mol. The molecule has 0 unspecified atom stereocenters. The van der Waals surface area contributed by atoms with Gasteiger partial charge in [-0.15, -0.1) is 0 Å². The molecule has 1 atom stereocenters. The number of methoxy groups -OCH3 is 1. The second-order valence-corrected chi connectivity index (χ2v) is 10.4. The Labute approximate surface area is 225 Å². The molecule has 2 heterocycles. The van der Waals surface area contributed by atoms with Crippen molar-refractivity contribution in [1.29, 1.82) is 0 Å². The van der Waals surface area contributed by atoms with Crippen LogP contribution in [-0.4, -0.2) is 85.8 Å². The number of aromatic nitrogens is 2. The lowest BCUT2D eigenvalue weighted by Crippen LogP contribution is -2.57. The molecule has 1 aliphatic heterocycles. The average Bonchev–Trinajstić information content (AvgIpc) is 3.31. The maximum Gasteiger partial charge on any atom is 0.252 e. The van der Waals surface area contributed by atoms with Crippen LogP contribution in [0.3, 0.4) is 0 Å². The summed E-state index contributed by atoms with van der Waals surface area (Å²) in [5, 5.41) is 7.51. The normalized spacial score (nSPS) is 14.3. The molecule has 1 saturated heterocycles. The van der Waals surface area contributed by atoms with E-state index in [0.29, 0.717) is 17.4 Å². The van der Waals surface area contributed by atoms with Gasteiger partial charge in [-0.3, -0.25) is 14.3 Å². The smallest absolute Gasteiger partial charge is 0.252 e. The maximum absolute atomic E-state index is 13.4. The number of hydrogen-bond donors (Lipinski definition) is 1. The quantitative estimate of drug-likeness (QED) is 0.469. The van der Waals surface area contributed by atoms with Crippen LogP contribution in [0, 0.1) is 6.92 Å². The van der Waals surface area contributed by atoms with E-state index in [-0.39, 0.29) is 24.4 Å². The molecule has 2 amide bonds. The first kappa shape index (κ1) is 27.2. The van der Waals surface area contributed by atoms with Gasteiger partial charge < -0.3 is 24.8 Å². The number of amides is 2. The van der Waals surface area contributed by atoms with E-state index in [9.17, 15) is 9.59 Å². The van der Waals surface area contributed by atoms with E-state index in [1.54, 1.807) is 32.1 Å². The SMILES string of the molecule is COc1cc(-c2cnn(CC(=O)N(C)C)c2)cc([C@@H](C)NC(=O)c2cc(N3CC(N(C)C)C3)ccc2C)c1. The van der Waals surface area contributed by atoms with Crippen LogP contribution in [-0.2, 0) is 11.3 Å². The largest absolute Gasteiger partial charge is 0.497 e. The molecule has 0 aliphatic carbocycles. The third kappa shape index (κ3) is 5.99. The Balaban J connectivity index is 1.51. The van der Waals surface area contributed by atoms with Gasteiger partial charge >= 0.3 is 0 Å². The summed E-state index contributed by atoms with van der Waals surface area (Å²) in [4.78, 5) is 31.5. The van der Waals surface area contributed by atoms with E-state index in [4.69, 9.17) is 4.74 Å². The first-order valence-corrected chi connectivity index (χ1v) is 12.8. The molecule has 1 aliphatic rings. The van der Waals surface area contributed by atoms with Gasteiger partial charge in [0.25, 0.3) is 5.91 Å². The van der Waals surface area contributed by atoms with Crippen LogP contribution in [0.2, 0.25) is 0 Å². The van der Waals surface area contributed by atoms with Crippen molar-refractivity contribution in [3.63, 3.8) is 0 Å². The predicted molar refractivity (Wildman–Crippen MR) is 150 cm³/mol. The molecule has 1 aromatic heterocycles. The number of nitrogens with zero attached hydrogens (tertiary/aromatic N) is 5. The lowest BCUT2D eigenvalue weighted by Gasteiger charge is -2.44. The highest BCUT2D eigenvalue weighted by Gasteiger charge is 2.29. The molecule has 4 rings (SSSR count). The van der Waals surface area contributed by atoms with Gasteiger partial charge in [-0.05, 0) is 75.0 Å². The van der Waals surface area contributed by atoms with E-state index in [0.717, 1.165) is 41.0 Å². The van der Waals surface area contributed by atoms with Gasteiger partial charge in [0.15, 0.2) is 0 Å². The molecule has 9 nitrogen and oxygen atoms in total. The van der Waals surface area contributed by atoms with Crippen LogP contribution in [0.1, 0.15) is 34.5 Å². The lowest BCUT2D eigenvalue weighted by molar-refractivity contribution is -0.129. The highest BCUT2D eigenvalue weighted by atomic mass is 16.5. The van der Waals surface area contributed by atoms with Gasteiger partial charge in [0.1, 0.15) is 12.3 Å². The summed E-state index contributed by atoms with van der Waals surface area (Å²) in [6.45, 7) is 6.01. The molecular formula is C29H38N6O3. The Morgan fingerprint density at radius 1 is 1.11 bits per heavy atom. The molecule has 38 heavy (non-hydrogen) atoms. The number of carbonyl (C=O) groups excluding carboxylic acids is 2. The van der Waals surface area contributed by atoms with Gasteiger partial charge in [0.2, 0.25) is 5.91 Å². The number of anilines is 1. The molecule has 2 aromatic carbocycles. The summed E-state index contributed by atoms with van der Waals surface area (Å²) in [5.41, 5.74) is 5.36. The zero-order valence-electron chi connectivity index (χ0n) is 23.4. The third-order valence-corrected chi connectivity index (χ3v) is 7.20. The number of hydrogen-bond acceptors (Lipinski definition) is 6. The van der Waals surface area contributed by atoms with E-state index >= 15 is 0 Å². The summed E-state index contributed by atoms with van der Waals surface area (Å²) in [5.74, 6) is 0.538.